The van der Waals surface area contributed by atoms with Gasteiger partial charge in [0.1, 0.15) is 5.75 Å². The molecule has 0 bridgehead atoms. The minimum absolute atomic E-state index is 0.434. The number of hydrogen-bond donors (Lipinski definition) is 1. The molecule has 2 rings (SSSR count). The van der Waals surface area contributed by atoms with Crippen LogP contribution in [0.1, 0.15) is 43.7 Å². The van der Waals surface area contributed by atoms with Gasteiger partial charge in [-0.15, -0.1) is 0 Å². The number of rotatable bonds is 5. The summed E-state index contributed by atoms with van der Waals surface area (Å²) in [5.74, 6) is 0.476. The Kier molecular flexibility index (Phi) is 3.77. The molecule has 0 aromatic heterocycles. The van der Waals surface area contributed by atoms with Crippen molar-refractivity contribution in [2.75, 3.05) is 7.11 Å². The number of hydrogen-bond acceptors (Lipinski definition) is 2. The third-order valence-corrected chi connectivity index (χ3v) is 3.89. The molecule has 4 heteroatoms. The van der Waals surface area contributed by atoms with Crippen LogP contribution in [-0.2, 0) is 11.2 Å². The first-order valence-electron chi connectivity index (χ1n) is 6.45. The lowest BCUT2D eigenvalue weighted by Crippen LogP contribution is -2.26. The Morgan fingerprint density at radius 1 is 1.47 bits per heavy atom. The van der Waals surface area contributed by atoms with Gasteiger partial charge in [-0.25, -0.2) is 0 Å². The molecule has 0 radical (unpaired) electrons. The molecule has 0 saturated heterocycles. The number of benzene rings is 1. The quantitative estimate of drug-likeness (QED) is 0.891. The highest BCUT2D eigenvalue weighted by molar-refractivity contribution is 6.31. The molecule has 0 heterocycles. The van der Waals surface area contributed by atoms with Crippen LogP contribution in [-0.4, -0.2) is 18.2 Å². The van der Waals surface area contributed by atoms with Crippen molar-refractivity contribution in [2.24, 2.45) is 5.41 Å². The largest absolute Gasteiger partial charge is 0.496 e. The van der Waals surface area contributed by atoms with Crippen LogP contribution in [0, 0.1) is 5.41 Å². The molecule has 1 aliphatic carbocycles. The number of carbonyl (C=O) groups is 1. The van der Waals surface area contributed by atoms with Gasteiger partial charge in [0.2, 0.25) is 0 Å². The summed E-state index contributed by atoms with van der Waals surface area (Å²) < 4.78 is 5.41. The fraction of sp³-hybridized carbons (Fsp3) is 0.533. The van der Waals surface area contributed by atoms with Crippen LogP contribution in [0.5, 0.6) is 5.75 Å². The van der Waals surface area contributed by atoms with Crippen LogP contribution in [0.2, 0.25) is 5.02 Å². The molecule has 0 spiro atoms. The SMILES string of the molecule is COc1cc(CC(C)(C)C(=O)O)cc(Cl)c1C1CC1. The maximum Gasteiger partial charge on any atom is 0.309 e. The van der Waals surface area contributed by atoms with E-state index in [9.17, 15) is 9.90 Å². The summed E-state index contributed by atoms with van der Waals surface area (Å²) in [6, 6.07) is 3.80. The van der Waals surface area contributed by atoms with E-state index in [-0.39, 0.29) is 0 Å². The molecule has 1 fully saturated rings. The molecule has 1 aliphatic rings. The molecule has 1 N–H and O–H groups in total. The van der Waals surface area contributed by atoms with Crippen LogP contribution in [0.15, 0.2) is 12.1 Å². The Morgan fingerprint density at radius 3 is 2.58 bits per heavy atom. The highest BCUT2D eigenvalue weighted by Gasteiger charge is 2.31. The fourth-order valence-corrected chi connectivity index (χ4v) is 2.66. The van der Waals surface area contributed by atoms with Crippen molar-refractivity contribution in [1.82, 2.24) is 0 Å². The van der Waals surface area contributed by atoms with Crippen molar-refractivity contribution in [2.45, 2.75) is 39.0 Å². The van der Waals surface area contributed by atoms with E-state index < -0.39 is 11.4 Å². The molecule has 1 aromatic rings. The summed E-state index contributed by atoms with van der Waals surface area (Å²) in [6.07, 6.45) is 2.73. The van der Waals surface area contributed by atoms with E-state index in [1.807, 2.05) is 12.1 Å². The standard InChI is InChI=1S/C15H19ClO3/c1-15(2,14(17)18)8-9-6-11(16)13(10-4-5-10)12(7-9)19-3/h6-7,10H,4-5,8H2,1-3H3,(H,17,18). The predicted molar refractivity (Wildman–Crippen MR) is 75.1 cm³/mol. The first-order valence-corrected chi connectivity index (χ1v) is 6.82. The molecular weight excluding hydrogens is 264 g/mol. The van der Waals surface area contributed by atoms with E-state index in [2.05, 4.69) is 0 Å². The van der Waals surface area contributed by atoms with Gasteiger partial charge in [-0.05, 0) is 56.7 Å². The van der Waals surface area contributed by atoms with Crippen LogP contribution >= 0.6 is 11.6 Å². The lowest BCUT2D eigenvalue weighted by atomic mass is 9.85. The molecule has 3 nitrogen and oxygen atoms in total. The third kappa shape index (κ3) is 3.03. The van der Waals surface area contributed by atoms with Crippen LogP contribution < -0.4 is 4.74 Å². The van der Waals surface area contributed by atoms with Crippen molar-refractivity contribution >= 4 is 17.6 Å². The van der Waals surface area contributed by atoms with Gasteiger partial charge in [0.25, 0.3) is 0 Å². The van der Waals surface area contributed by atoms with Gasteiger partial charge in [-0.1, -0.05) is 11.6 Å². The lowest BCUT2D eigenvalue weighted by molar-refractivity contribution is -0.146. The highest BCUT2D eigenvalue weighted by Crippen LogP contribution is 2.48. The Bertz CT molecular complexity index is 504. The van der Waals surface area contributed by atoms with Gasteiger partial charge in [-0.2, -0.15) is 0 Å². The molecule has 0 aliphatic heterocycles. The summed E-state index contributed by atoms with van der Waals surface area (Å²) in [4.78, 5) is 11.2. The first-order chi connectivity index (χ1) is 8.85. The molecule has 0 unspecified atom stereocenters. The number of methoxy groups -OCH3 is 1. The van der Waals surface area contributed by atoms with Gasteiger partial charge in [0, 0.05) is 10.6 Å². The molecule has 1 saturated carbocycles. The van der Waals surface area contributed by atoms with Gasteiger partial charge in [0.15, 0.2) is 0 Å². The zero-order valence-electron chi connectivity index (χ0n) is 11.5. The maximum absolute atomic E-state index is 11.2. The van der Waals surface area contributed by atoms with Gasteiger partial charge < -0.3 is 9.84 Å². The first kappa shape index (κ1) is 14.2. The van der Waals surface area contributed by atoms with Crippen molar-refractivity contribution in [3.63, 3.8) is 0 Å². The summed E-state index contributed by atoms with van der Waals surface area (Å²) in [5, 5.41) is 9.88. The Hall–Kier alpha value is -1.22. The van der Waals surface area contributed by atoms with E-state index in [1.54, 1.807) is 21.0 Å². The second kappa shape index (κ2) is 5.04. The zero-order chi connectivity index (χ0) is 14.2. The topological polar surface area (TPSA) is 46.5 Å². The van der Waals surface area contributed by atoms with Crippen molar-refractivity contribution in [3.05, 3.63) is 28.3 Å². The van der Waals surface area contributed by atoms with Crippen LogP contribution in [0.3, 0.4) is 0 Å². The predicted octanol–water partition coefficient (Wildman–Crippen LogP) is 3.88. The third-order valence-electron chi connectivity index (χ3n) is 3.58. The van der Waals surface area contributed by atoms with Crippen LogP contribution in [0.25, 0.3) is 0 Å². The Labute approximate surface area is 118 Å². The van der Waals surface area contributed by atoms with Crippen molar-refractivity contribution in [1.29, 1.82) is 0 Å². The number of ether oxygens (including phenoxy) is 1. The minimum Gasteiger partial charge on any atom is -0.496 e. The van der Waals surface area contributed by atoms with Crippen molar-refractivity contribution < 1.29 is 14.6 Å². The lowest BCUT2D eigenvalue weighted by Gasteiger charge is -2.20. The van der Waals surface area contributed by atoms with E-state index in [1.165, 1.54) is 0 Å². The normalized spacial score (nSPS) is 15.4. The molecular formula is C15H19ClO3. The highest BCUT2D eigenvalue weighted by atomic mass is 35.5. The second-order valence-corrected chi connectivity index (χ2v) is 6.24. The number of carboxylic acid groups (broad SMARTS) is 1. The van der Waals surface area contributed by atoms with Gasteiger partial charge in [-0.3, -0.25) is 4.79 Å². The van der Waals surface area contributed by atoms with E-state index in [4.69, 9.17) is 16.3 Å². The number of carboxylic acids is 1. The van der Waals surface area contributed by atoms with E-state index in [0.717, 1.165) is 29.7 Å². The molecule has 19 heavy (non-hydrogen) atoms. The number of halogens is 1. The summed E-state index contributed by atoms with van der Waals surface area (Å²) >= 11 is 6.33. The maximum atomic E-state index is 11.2. The summed E-state index contributed by atoms with van der Waals surface area (Å²) in [7, 11) is 1.63. The second-order valence-electron chi connectivity index (χ2n) is 5.83. The molecule has 0 amide bonds. The summed E-state index contributed by atoms with van der Waals surface area (Å²) in [5.41, 5.74) is 1.16. The average molecular weight is 283 g/mol. The average Bonchev–Trinajstić information content (AvgIpc) is 3.11. The molecule has 104 valence electrons. The minimum atomic E-state index is -0.811. The van der Waals surface area contributed by atoms with Crippen LogP contribution in [0.4, 0.5) is 0 Å². The molecule has 0 atom stereocenters. The Morgan fingerprint density at radius 2 is 2.11 bits per heavy atom. The Balaban J connectivity index is 2.33. The zero-order valence-corrected chi connectivity index (χ0v) is 12.3. The van der Waals surface area contributed by atoms with E-state index >= 15 is 0 Å². The van der Waals surface area contributed by atoms with E-state index in [0.29, 0.717) is 17.4 Å². The monoisotopic (exact) mass is 282 g/mol. The van der Waals surface area contributed by atoms with Gasteiger partial charge >= 0.3 is 5.97 Å². The van der Waals surface area contributed by atoms with Gasteiger partial charge in [0.05, 0.1) is 12.5 Å². The van der Waals surface area contributed by atoms with Crippen molar-refractivity contribution in [3.8, 4) is 5.75 Å². The fourth-order valence-electron chi connectivity index (χ4n) is 2.27. The number of aliphatic carboxylic acids is 1. The molecule has 1 aromatic carbocycles. The smallest absolute Gasteiger partial charge is 0.309 e. The summed E-state index contributed by atoms with van der Waals surface area (Å²) in [6.45, 7) is 3.43.